The molecule has 112 valence electrons. The summed E-state index contributed by atoms with van der Waals surface area (Å²) in [7, 11) is -5.17. The summed E-state index contributed by atoms with van der Waals surface area (Å²) < 4.78 is 0. The minimum absolute atomic E-state index is 0.122. The van der Waals surface area contributed by atoms with Gasteiger partial charge in [-0.1, -0.05) is 0 Å². The molecule has 0 aromatic heterocycles. The van der Waals surface area contributed by atoms with E-state index in [1.807, 2.05) is 36.4 Å². The number of benzene rings is 3. The molecule has 3 rings (SSSR count). The summed E-state index contributed by atoms with van der Waals surface area (Å²) in [6, 6.07) is 24.4. The second-order valence-corrected chi connectivity index (χ2v) is 8.16. The van der Waals surface area contributed by atoms with Crippen LogP contribution in [0, 0.1) is 0 Å². The van der Waals surface area contributed by atoms with Gasteiger partial charge in [-0.2, -0.15) is 0 Å². The summed E-state index contributed by atoms with van der Waals surface area (Å²) in [6.07, 6.45) is 0. The Balaban J connectivity index is 2.25. The zero-order valence-corrected chi connectivity index (χ0v) is 12.8. The van der Waals surface area contributed by atoms with Gasteiger partial charge in [0.2, 0.25) is 0 Å². The quantitative estimate of drug-likeness (QED) is 0.652. The molecule has 4 heteroatoms. The Morgan fingerprint density at radius 1 is 0.545 bits per heavy atom. The van der Waals surface area contributed by atoms with Gasteiger partial charge >= 0.3 is 129 Å². The predicted octanol–water partition coefficient (Wildman–Crippen LogP) is 2.58. The Morgan fingerprint density at radius 2 is 1.05 bits per heavy atom. The summed E-state index contributed by atoms with van der Waals surface area (Å²) >= 11 is 0. The zero-order chi connectivity index (χ0) is 15.7. The van der Waals surface area contributed by atoms with E-state index in [0.29, 0.717) is 5.56 Å². The van der Waals surface area contributed by atoms with Gasteiger partial charge < -0.3 is 0 Å². The molecule has 0 radical (unpaired) electrons. The van der Waals surface area contributed by atoms with Crippen molar-refractivity contribution in [2.24, 2.45) is 0 Å². The van der Waals surface area contributed by atoms with Gasteiger partial charge in [0.05, 0.1) is 0 Å². The molecule has 3 aromatic carbocycles. The van der Waals surface area contributed by atoms with Crippen LogP contribution in [-0.2, 0) is 0 Å². The molecule has 22 heavy (non-hydrogen) atoms. The van der Waals surface area contributed by atoms with E-state index in [2.05, 4.69) is 0 Å². The molecule has 0 fully saturated rings. The molecule has 0 saturated heterocycles. The van der Waals surface area contributed by atoms with E-state index in [1.165, 1.54) is 12.1 Å². The van der Waals surface area contributed by atoms with Crippen LogP contribution in [0.5, 0.6) is 0 Å². The number of rotatable bonds is 3. The first kappa shape index (κ1) is 14.9. The summed E-state index contributed by atoms with van der Waals surface area (Å²) in [5, 5.41) is 0.266. The topological polar surface area (TPSA) is 60.7 Å². The molecule has 3 aromatic rings. The summed E-state index contributed by atoms with van der Waals surface area (Å²) in [5.74, 6) is 0. The molecule has 0 spiro atoms. The van der Waals surface area contributed by atoms with Gasteiger partial charge in [0.15, 0.2) is 0 Å². The van der Waals surface area contributed by atoms with Crippen LogP contribution in [-0.4, -0.2) is 14.7 Å². The summed E-state index contributed by atoms with van der Waals surface area (Å²) in [5.41, 5.74) is 1.43. The second-order valence-electron chi connectivity index (χ2n) is 5.20. The summed E-state index contributed by atoms with van der Waals surface area (Å²) in [4.78, 5) is 32.4. The van der Waals surface area contributed by atoms with E-state index < -0.39 is 7.28 Å². The molecule has 0 heterocycles. The molecule has 0 saturated carbocycles. The molecule has 0 aliphatic carbocycles. The minimum atomic E-state index is -5.17. The van der Waals surface area contributed by atoms with Crippen molar-refractivity contribution in [3.8, 4) is 11.1 Å². The summed E-state index contributed by atoms with van der Waals surface area (Å²) in [6.45, 7) is 0. The van der Waals surface area contributed by atoms with E-state index in [1.54, 1.807) is 36.4 Å². The van der Waals surface area contributed by atoms with E-state index in [-0.39, 0.29) is 10.6 Å². The Labute approximate surface area is 129 Å². The normalized spacial score (nSPS) is 13.3. The van der Waals surface area contributed by atoms with Gasteiger partial charge in [0, 0.05) is 0 Å². The van der Waals surface area contributed by atoms with Gasteiger partial charge in [-0.05, 0) is 0 Å². The average Bonchev–Trinajstić information content (AvgIpc) is 2.56. The fourth-order valence-electron chi connectivity index (χ4n) is 2.54. The molecule has 3 nitrogen and oxygen atoms in total. The zero-order valence-electron chi connectivity index (χ0n) is 11.9. The first-order valence-electron chi connectivity index (χ1n) is 6.95. The molecule has 0 aliphatic rings. The van der Waals surface area contributed by atoms with Crippen LogP contribution >= 0.6 is 7.28 Å². The van der Waals surface area contributed by atoms with Crippen molar-refractivity contribution in [3.63, 3.8) is 0 Å². The van der Waals surface area contributed by atoms with Crippen LogP contribution in [0.1, 0.15) is 0 Å². The molecule has 3 N–H and O–H groups in total. The molecule has 0 unspecified atom stereocenters. The first-order valence-corrected chi connectivity index (χ1v) is 9.04. The van der Waals surface area contributed by atoms with Gasteiger partial charge in [0.25, 0.3) is 0 Å². The molecule has 0 atom stereocenters. The molecule has 0 aliphatic heterocycles. The number of hydrogen-bond acceptors (Lipinski definition) is 3. The Hall–Kier alpha value is -2.03. The molecular weight excluding hydrogens is 295 g/mol. The van der Waals surface area contributed by atoms with Gasteiger partial charge in [-0.25, -0.2) is 0 Å². The van der Waals surface area contributed by atoms with Crippen LogP contribution in [0.15, 0.2) is 84.9 Å². The van der Waals surface area contributed by atoms with Crippen molar-refractivity contribution in [2.75, 3.05) is 0 Å². The number of hydrogen-bond donors (Lipinski definition) is 3. The molecular formula is C18H17O3P. The predicted molar refractivity (Wildman–Crippen MR) is 91.2 cm³/mol. The fourth-order valence-corrected chi connectivity index (χ4v) is 4.54. The third-order valence-electron chi connectivity index (χ3n) is 3.66. The van der Waals surface area contributed by atoms with Crippen molar-refractivity contribution >= 4 is 17.9 Å². The van der Waals surface area contributed by atoms with Crippen LogP contribution in [0.4, 0.5) is 0 Å². The standard InChI is InChI=1S/C18H17O3P/c19-22(20,21,16-11-5-2-6-12-16)18-14-8-7-13-17(18)15-9-3-1-4-10-15/h1-14,19-21H. The third-order valence-corrected chi connectivity index (χ3v) is 6.19. The van der Waals surface area contributed by atoms with Crippen molar-refractivity contribution in [1.82, 2.24) is 0 Å². The van der Waals surface area contributed by atoms with Crippen molar-refractivity contribution < 1.29 is 14.7 Å². The van der Waals surface area contributed by atoms with Crippen molar-refractivity contribution in [1.29, 1.82) is 0 Å². The Kier molecular flexibility index (Phi) is 3.59. The maximum absolute atomic E-state index is 10.8. The fraction of sp³-hybridized carbons (Fsp3) is 0. The van der Waals surface area contributed by atoms with Gasteiger partial charge in [-0.3, -0.25) is 0 Å². The van der Waals surface area contributed by atoms with Crippen LogP contribution in [0.3, 0.4) is 0 Å². The van der Waals surface area contributed by atoms with E-state index in [9.17, 15) is 14.7 Å². The van der Waals surface area contributed by atoms with Crippen molar-refractivity contribution in [3.05, 3.63) is 84.9 Å². The third kappa shape index (κ3) is 2.56. The SMILES string of the molecule is OP(O)(O)(c1ccccc1)c1ccccc1-c1ccccc1. The second kappa shape index (κ2) is 5.31. The maximum atomic E-state index is 10.8. The van der Waals surface area contributed by atoms with Crippen LogP contribution in [0.2, 0.25) is 0 Å². The monoisotopic (exact) mass is 312 g/mol. The molecule has 0 bridgehead atoms. The van der Waals surface area contributed by atoms with E-state index >= 15 is 0 Å². The Bertz CT molecular complexity index is 777. The van der Waals surface area contributed by atoms with Gasteiger partial charge in [0.1, 0.15) is 0 Å². The molecule has 0 amide bonds. The van der Waals surface area contributed by atoms with Crippen LogP contribution in [0.25, 0.3) is 11.1 Å². The first-order chi connectivity index (χ1) is 10.5. The van der Waals surface area contributed by atoms with E-state index in [0.717, 1.165) is 5.56 Å². The van der Waals surface area contributed by atoms with Crippen LogP contribution < -0.4 is 10.6 Å². The van der Waals surface area contributed by atoms with Gasteiger partial charge in [-0.15, -0.1) is 0 Å². The van der Waals surface area contributed by atoms with E-state index in [4.69, 9.17) is 0 Å². The average molecular weight is 312 g/mol. The van der Waals surface area contributed by atoms with Crippen molar-refractivity contribution in [2.45, 2.75) is 0 Å². The Morgan fingerprint density at radius 3 is 1.68 bits per heavy atom.